The lowest BCUT2D eigenvalue weighted by Crippen LogP contribution is -2.24. The number of rotatable bonds is 6. The lowest BCUT2D eigenvalue weighted by Gasteiger charge is -2.14. The standard InChI is InChI=1S/C23H16F2N4O4S/c1-13-10-15(29(32)33)7-8-18(13)26-21(30)12-34-23-27-19-5-3-2-4-16(19)22(31)28(23)20-9-6-14(24)11-17(20)25/h2-11H,12H2,1H3,(H,26,30). The molecule has 11 heteroatoms. The van der Waals surface area contributed by atoms with Crippen LogP contribution in [-0.2, 0) is 4.79 Å². The van der Waals surface area contributed by atoms with Gasteiger partial charge in [0.2, 0.25) is 5.91 Å². The molecule has 0 aliphatic carbocycles. The van der Waals surface area contributed by atoms with E-state index in [1.807, 2.05) is 0 Å². The smallest absolute Gasteiger partial charge is 0.269 e. The zero-order chi connectivity index (χ0) is 24.4. The molecule has 4 aromatic rings. The summed E-state index contributed by atoms with van der Waals surface area (Å²) in [6.45, 7) is 1.62. The molecule has 0 spiro atoms. The number of halogens is 2. The van der Waals surface area contributed by atoms with Crippen molar-refractivity contribution in [1.82, 2.24) is 9.55 Å². The Morgan fingerprint density at radius 1 is 1.15 bits per heavy atom. The van der Waals surface area contributed by atoms with Gasteiger partial charge in [-0.05, 0) is 42.8 Å². The number of hydrogen-bond donors (Lipinski definition) is 1. The summed E-state index contributed by atoms with van der Waals surface area (Å²) in [5.74, 6) is -2.40. The van der Waals surface area contributed by atoms with E-state index in [4.69, 9.17) is 0 Å². The fourth-order valence-electron chi connectivity index (χ4n) is 3.30. The fourth-order valence-corrected chi connectivity index (χ4v) is 4.11. The maximum absolute atomic E-state index is 14.6. The molecule has 4 rings (SSSR count). The number of fused-ring (bicyclic) bond motifs is 1. The SMILES string of the molecule is Cc1cc([N+](=O)[O-])ccc1NC(=O)CSc1nc2ccccc2c(=O)n1-c1ccc(F)cc1F. The van der Waals surface area contributed by atoms with Gasteiger partial charge in [-0.1, -0.05) is 23.9 Å². The van der Waals surface area contributed by atoms with E-state index < -0.39 is 28.0 Å². The highest BCUT2D eigenvalue weighted by Gasteiger charge is 2.18. The number of nitro groups is 1. The predicted octanol–water partition coefficient (Wildman–Crippen LogP) is 4.61. The second-order valence-corrected chi connectivity index (χ2v) is 8.18. The Morgan fingerprint density at radius 2 is 1.91 bits per heavy atom. The number of benzene rings is 3. The van der Waals surface area contributed by atoms with Gasteiger partial charge in [0.1, 0.15) is 11.6 Å². The minimum atomic E-state index is -0.952. The zero-order valence-electron chi connectivity index (χ0n) is 17.6. The zero-order valence-corrected chi connectivity index (χ0v) is 18.4. The van der Waals surface area contributed by atoms with Crippen LogP contribution in [0.4, 0.5) is 20.2 Å². The van der Waals surface area contributed by atoms with Crippen molar-refractivity contribution in [2.45, 2.75) is 12.1 Å². The number of nitrogens with zero attached hydrogens (tertiary/aromatic N) is 3. The van der Waals surface area contributed by atoms with E-state index in [2.05, 4.69) is 10.3 Å². The first-order chi connectivity index (χ1) is 16.2. The van der Waals surface area contributed by atoms with Crippen molar-refractivity contribution in [1.29, 1.82) is 0 Å². The van der Waals surface area contributed by atoms with Gasteiger partial charge in [-0.2, -0.15) is 0 Å². The number of anilines is 1. The Balaban J connectivity index is 1.66. The minimum absolute atomic E-state index is 0.0461. The first-order valence-corrected chi connectivity index (χ1v) is 10.9. The van der Waals surface area contributed by atoms with Crippen molar-refractivity contribution in [2.24, 2.45) is 0 Å². The highest BCUT2D eigenvalue weighted by molar-refractivity contribution is 7.99. The average Bonchev–Trinajstić information content (AvgIpc) is 2.80. The first-order valence-electron chi connectivity index (χ1n) is 9.89. The second-order valence-electron chi connectivity index (χ2n) is 7.24. The van der Waals surface area contributed by atoms with Gasteiger partial charge >= 0.3 is 0 Å². The summed E-state index contributed by atoms with van der Waals surface area (Å²) in [5.41, 5.74) is 0.395. The van der Waals surface area contributed by atoms with E-state index in [1.54, 1.807) is 31.2 Å². The number of aryl methyl sites for hydroxylation is 1. The Morgan fingerprint density at radius 3 is 2.62 bits per heavy atom. The average molecular weight is 482 g/mol. The third kappa shape index (κ3) is 4.64. The number of hydrogen-bond acceptors (Lipinski definition) is 6. The lowest BCUT2D eigenvalue weighted by molar-refractivity contribution is -0.384. The monoisotopic (exact) mass is 482 g/mol. The predicted molar refractivity (Wildman–Crippen MR) is 124 cm³/mol. The van der Waals surface area contributed by atoms with Crippen LogP contribution in [0.1, 0.15) is 5.56 Å². The van der Waals surface area contributed by atoms with E-state index in [-0.39, 0.29) is 27.7 Å². The molecule has 0 fully saturated rings. The third-order valence-corrected chi connectivity index (χ3v) is 5.86. The topological polar surface area (TPSA) is 107 Å². The first kappa shape index (κ1) is 23.1. The van der Waals surface area contributed by atoms with Gasteiger partial charge in [0, 0.05) is 23.9 Å². The molecule has 0 aliphatic rings. The summed E-state index contributed by atoms with van der Waals surface area (Å²) in [4.78, 5) is 40.5. The molecule has 3 aromatic carbocycles. The number of thioether (sulfide) groups is 1. The summed E-state index contributed by atoms with van der Waals surface area (Å²) in [6.07, 6.45) is 0. The van der Waals surface area contributed by atoms with Crippen molar-refractivity contribution in [3.8, 4) is 5.69 Å². The van der Waals surface area contributed by atoms with E-state index in [0.29, 0.717) is 22.8 Å². The molecule has 1 N–H and O–H groups in total. The molecule has 34 heavy (non-hydrogen) atoms. The van der Waals surface area contributed by atoms with Gasteiger partial charge in [0.25, 0.3) is 11.2 Å². The Hall–Kier alpha value is -4.12. The van der Waals surface area contributed by atoms with Crippen molar-refractivity contribution in [3.63, 3.8) is 0 Å². The van der Waals surface area contributed by atoms with Crippen LogP contribution in [0.2, 0.25) is 0 Å². The van der Waals surface area contributed by atoms with Gasteiger partial charge in [-0.3, -0.25) is 24.3 Å². The maximum Gasteiger partial charge on any atom is 0.269 e. The van der Waals surface area contributed by atoms with E-state index >= 15 is 0 Å². The van der Waals surface area contributed by atoms with Gasteiger partial charge in [-0.25, -0.2) is 13.8 Å². The molecule has 0 atom stereocenters. The molecule has 1 aromatic heterocycles. The largest absolute Gasteiger partial charge is 0.325 e. The Labute approximate surface area is 195 Å². The number of carbonyl (C=O) groups excluding carboxylic acids is 1. The molecular formula is C23H16F2N4O4S. The second kappa shape index (κ2) is 9.40. The van der Waals surface area contributed by atoms with Crippen LogP contribution >= 0.6 is 11.8 Å². The summed E-state index contributed by atoms with van der Waals surface area (Å²) in [7, 11) is 0. The Kier molecular flexibility index (Phi) is 6.37. The number of amides is 1. The van der Waals surface area contributed by atoms with Crippen LogP contribution in [-0.4, -0.2) is 26.1 Å². The number of non-ortho nitro benzene ring substituents is 1. The molecule has 0 saturated carbocycles. The van der Waals surface area contributed by atoms with Crippen LogP contribution in [0.25, 0.3) is 16.6 Å². The Bertz CT molecular complexity index is 1510. The van der Waals surface area contributed by atoms with Crippen molar-refractivity contribution in [2.75, 3.05) is 11.1 Å². The van der Waals surface area contributed by atoms with Crippen molar-refractivity contribution < 1.29 is 18.5 Å². The van der Waals surface area contributed by atoms with Crippen LogP contribution in [0.15, 0.2) is 70.6 Å². The molecule has 0 unspecified atom stereocenters. The van der Waals surface area contributed by atoms with Gasteiger partial charge in [0.15, 0.2) is 5.16 Å². The summed E-state index contributed by atoms with van der Waals surface area (Å²) >= 11 is 0.896. The molecule has 1 heterocycles. The number of nitro benzene ring substituents is 1. The highest BCUT2D eigenvalue weighted by Crippen LogP contribution is 2.25. The number of carbonyl (C=O) groups is 1. The molecule has 0 saturated heterocycles. The van der Waals surface area contributed by atoms with E-state index in [0.717, 1.165) is 28.5 Å². The quantitative estimate of drug-likeness (QED) is 0.186. The minimum Gasteiger partial charge on any atom is -0.325 e. The van der Waals surface area contributed by atoms with Crippen LogP contribution in [0.5, 0.6) is 0 Å². The molecule has 1 amide bonds. The van der Waals surface area contributed by atoms with Gasteiger partial charge in [-0.15, -0.1) is 0 Å². The van der Waals surface area contributed by atoms with E-state index in [1.165, 1.54) is 18.2 Å². The summed E-state index contributed by atoms with van der Waals surface area (Å²) < 4.78 is 29.0. The van der Waals surface area contributed by atoms with Crippen molar-refractivity contribution >= 4 is 39.9 Å². The number of para-hydroxylation sites is 1. The molecule has 8 nitrogen and oxygen atoms in total. The fraction of sp³-hybridized carbons (Fsp3) is 0.0870. The van der Waals surface area contributed by atoms with Crippen molar-refractivity contribution in [3.05, 3.63) is 98.3 Å². The lowest BCUT2D eigenvalue weighted by atomic mass is 10.2. The molecule has 172 valence electrons. The molecule has 0 aliphatic heterocycles. The van der Waals surface area contributed by atoms with Crippen LogP contribution in [0, 0.1) is 28.7 Å². The molecule has 0 bridgehead atoms. The van der Waals surface area contributed by atoms with Crippen LogP contribution < -0.4 is 10.9 Å². The van der Waals surface area contributed by atoms with Gasteiger partial charge < -0.3 is 5.32 Å². The number of nitrogens with one attached hydrogen (secondary N) is 1. The number of aromatic nitrogens is 2. The normalized spacial score (nSPS) is 10.9. The summed E-state index contributed by atoms with van der Waals surface area (Å²) in [5, 5.41) is 13.8. The third-order valence-electron chi connectivity index (χ3n) is 4.92. The van der Waals surface area contributed by atoms with Crippen LogP contribution in [0.3, 0.4) is 0 Å². The maximum atomic E-state index is 14.6. The van der Waals surface area contributed by atoms with E-state index in [9.17, 15) is 28.5 Å². The summed E-state index contributed by atoms with van der Waals surface area (Å²) in [6, 6.07) is 13.3. The van der Waals surface area contributed by atoms with Gasteiger partial charge in [0.05, 0.1) is 27.3 Å². The molecule has 0 radical (unpaired) electrons. The molecular weight excluding hydrogens is 466 g/mol. The highest BCUT2D eigenvalue weighted by atomic mass is 32.2.